The van der Waals surface area contributed by atoms with Crippen LogP contribution in [0.2, 0.25) is 0 Å². The van der Waals surface area contributed by atoms with Crippen molar-refractivity contribution in [3.8, 4) is 0 Å². The van der Waals surface area contributed by atoms with Gasteiger partial charge in [0.25, 0.3) is 5.56 Å². The summed E-state index contributed by atoms with van der Waals surface area (Å²) in [5.74, 6) is -0.470. The van der Waals surface area contributed by atoms with Crippen molar-refractivity contribution >= 4 is 34.4 Å². The number of hydrogen-bond donors (Lipinski definition) is 0. The lowest BCUT2D eigenvalue weighted by molar-refractivity contribution is -0.139. The van der Waals surface area contributed by atoms with E-state index in [0.29, 0.717) is 26.3 Å². The van der Waals surface area contributed by atoms with Crippen LogP contribution in [0.15, 0.2) is 81.9 Å². The van der Waals surface area contributed by atoms with Gasteiger partial charge < -0.3 is 4.74 Å². The quantitative estimate of drug-likeness (QED) is 0.441. The van der Waals surface area contributed by atoms with Crippen molar-refractivity contribution in [3.63, 3.8) is 0 Å². The molecule has 1 atom stereocenters. The Labute approximate surface area is 193 Å². The molecule has 0 saturated heterocycles. The molecule has 0 spiro atoms. The molecule has 5 rings (SSSR count). The number of fused-ring (bicyclic) bond motifs is 2. The number of thiazole rings is 1. The first-order chi connectivity index (χ1) is 16.1. The minimum Gasteiger partial charge on any atom is -0.463 e. The summed E-state index contributed by atoms with van der Waals surface area (Å²) >= 11 is 1.27. The summed E-state index contributed by atoms with van der Waals surface area (Å²) in [7, 11) is 0. The Kier molecular flexibility index (Phi) is 5.43. The van der Waals surface area contributed by atoms with Crippen LogP contribution in [-0.2, 0) is 9.53 Å². The van der Waals surface area contributed by atoms with Crippen LogP contribution in [0.25, 0.3) is 17.1 Å². The molecule has 1 aliphatic heterocycles. The van der Waals surface area contributed by atoms with Crippen LogP contribution in [0.5, 0.6) is 0 Å². The number of nitrogens with zero attached hydrogens (tertiary/aromatic N) is 4. The SMILES string of the molecule is CCOC(=O)C1=C(C)N=c2s/c(=C/c3cnc4ccccc4n3)c(=O)n2[C@H]1c1ccccc1. The summed E-state index contributed by atoms with van der Waals surface area (Å²) in [6, 6.07) is 16.4. The van der Waals surface area contributed by atoms with E-state index in [4.69, 9.17) is 4.74 Å². The van der Waals surface area contributed by atoms with Gasteiger partial charge in [0.1, 0.15) is 0 Å². The minimum atomic E-state index is -0.619. The molecular formula is C25H20N4O3S. The van der Waals surface area contributed by atoms with Gasteiger partial charge in [0.05, 0.1) is 51.4 Å². The Morgan fingerprint density at radius 3 is 2.61 bits per heavy atom. The predicted octanol–water partition coefficient (Wildman–Crippen LogP) is 2.74. The molecule has 0 aliphatic carbocycles. The van der Waals surface area contributed by atoms with Gasteiger partial charge in [-0.2, -0.15) is 0 Å². The zero-order valence-electron chi connectivity index (χ0n) is 18.1. The summed E-state index contributed by atoms with van der Waals surface area (Å²) in [4.78, 5) is 40.6. The standard InChI is InChI=1S/C25H20N4O3S/c1-3-32-24(31)21-15(2)27-25-29(22(21)16-9-5-4-6-10-16)23(30)20(33-25)13-17-14-26-18-11-7-8-12-19(18)28-17/h4-14,22H,3H2,1-2H3/b20-13+/t22-/m0/s1. The van der Waals surface area contributed by atoms with Gasteiger partial charge in [-0.1, -0.05) is 53.8 Å². The average molecular weight is 457 g/mol. The Morgan fingerprint density at radius 2 is 1.85 bits per heavy atom. The van der Waals surface area contributed by atoms with E-state index in [1.54, 1.807) is 30.7 Å². The number of hydrogen-bond acceptors (Lipinski definition) is 7. The Bertz CT molecular complexity index is 1590. The first kappa shape index (κ1) is 21.0. The van der Waals surface area contributed by atoms with Gasteiger partial charge in [-0.05, 0) is 37.6 Å². The van der Waals surface area contributed by atoms with E-state index in [-0.39, 0.29) is 12.2 Å². The summed E-state index contributed by atoms with van der Waals surface area (Å²) in [5.41, 5.74) is 3.60. The van der Waals surface area contributed by atoms with E-state index in [2.05, 4.69) is 15.0 Å². The number of carbonyl (C=O) groups is 1. The smallest absolute Gasteiger partial charge is 0.338 e. The van der Waals surface area contributed by atoms with Crippen molar-refractivity contribution in [2.75, 3.05) is 6.61 Å². The molecule has 1 aliphatic rings. The summed E-state index contributed by atoms with van der Waals surface area (Å²) in [6.45, 7) is 3.77. The van der Waals surface area contributed by atoms with Gasteiger partial charge in [-0.15, -0.1) is 0 Å². The highest BCUT2D eigenvalue weighted by Crippen LogP contribution is 2.30. The number of para-hydroxylation sites is 2. The topological polar surface area (TPSA) is 86.4 Å². The van der Waals surface area contributed by atoms with Gasteiger partial charge in [-0.25, -0.2) is 14.8 Å². The molecule has 0 radical (unpaired) electrons. The fraction of sp³-hybridized carbons (Fsp3) is 0.160. The Hall–Kier alpha value is -3.91. The molecule has 0 bridgehead atoms. The second kappa shape index (κ2) is 8.55. The summed E-state index contributed by atoms with van der Waals surface area (Å²) < 4.78 is 7.35. The lowest BCUT2D eigenvalue weighted by atomic mass is 9.96. The molecule has 2 aromatic carbocycles. The monoisotopic (exact) mass is 456 g/mol. The van der Waals surface area contributed by atoms with E-state index in [1.807, 2.05) is 54.6 Å². The van der Waals surface area contributed by atoms with Crippen LogP contribution in [0.3, 0.4) is 0 Å². The highest BCUT2D eigenvalue weighted by atomic mass is 32.1. The normalized spacial score (nSPS) is 15.9. The number of benzene rings is 2. The van der Waals surface area contributed by atoms with Gasteiger partial charge in [0.15, 0.2) is 4.80 Å². The first-order valence-electron chi connectivity index (χ1n) is 10.5. The van der Waals surface area contributed by atoms with Gasteiger partial charge in [0, 0.05) is 0 Å². The average Bonchev–Trinajstić information content (AvgIpc) is 3.13. The molecule has 0 N–H and O–H groups in total. The number of allylic oxidation sites excluding steroid dienone is 1. The lowest BCUT2D eigenvalue weighted by Gasteiger charge is -2.24. The maximum absolute atomic E-state index is 13.6. The highest BCUT2D eigenvalue weighted by Gasteiger charge is 2.33. The molecule has 0 fully saturated rings. The van der Waals surface area contributed by atoms with Gasteiger partial charge in [0.2, 0.25) is 0 Å². The van der Waals surface area contributed by atoms with Gasteiger partial charge in [-0.3, -0.25) is 14.3 Å². The first-order valence-corrected chi connectivity index (χ1v) is 11.3. The van der Waals surface area contributed by atoms with Crippen molar-refractivity contribution in [2.24, 2.45) is 4.99 Å². The maximum atomic E-state index is 13.6. The fourth-order valence-corrected chi connectivity index (χ4v) is 4.95. The number of esters is 1. The van der Waals surface area contributed by atoms with E-state index in [0.717, 1.165) is 16.6 Å². The fourth-order valence-electron chi connectivity index (χ4n) is 3.92. The molecule has 0 amide bonds. The summed E-state index contributed by atoms with van der Waals surface area (Å²) in [6.07, 6.45) is 3.36. The molecule has 8 heteroatoms. The van der Waals surface area contributed by atoms with Crippen molar-refractivity contribution in [2.45, 2.75) is 19.9 Å². The molecule has 2 aromatic heterocycles. The Morgan fingerprint density at radius 1 is 1.12 bits per heavy atom. The van der Waals surface area contributed by atoms with Crippen LogP contribution in [-0.4, -0.2) is 27.1 Å². The molecule has 7 nitrogen and oxygen atoms in total. The van der Waals surface area contributed by atoms with Crippen LogP contribution >= 0.6 is 11.3 Å². The number of aromatic nitrogens is 3. The number of ether oxygens (including phenoxy) is 1. The van der Waals surface area contributed by atoms with Crippen LogP contribution < -0.4 is 14.9 Å². The Balaban J connectivity index is 1.71. The van der Waals surface area contributed by atoms with E-state index < -0.39 is 12.0 Å². The van der Waals surface area contributed by atoms with E-state index >= 15 is 0 Å². The minimum absolute atomic E-state index is 0.238. The van der Waals surface area contributed by atoms with Crippen molar-refractivity contribution in [1.82, 2.24) is 14.5 Å². The van der Waals surface area contributed by atoms with E-state index in [1.165, 1.54) is 11.3 Å². The third-order valence-electron chi connectivity index (χ3n) is 5.38. The number of rotatable bonds is 4. The zero-order chi connectivity index (χ0) is 22.9. The van der Waals surface area contributed by atoms with Crippen LogP contribution in [0.1, 0.15) is 31.1 Å². The molecule has 0 saturated carbocycles. The molecular weight excluding hydrogens is 436 g/mol. The predicted molar refractivity (Wildman–Crippen MR) is 126 cm³/mol. The van der Waals surface area contributed by atoms with E-state index in [9.17, 15) is 9.59 Å². The third kappa shape index (κ3) is 3.78. The zero-order valence-corrected chi connectivity index (χ0v) is 18.9. The van der Waals surface area contributed by atoms with Crippen molar-refractivity contribution < 1.29 is 9.53 Å². The molecule has 0 unspecified atom stereocenters. The van der Waals surface area contributed by atoms with Crippen molar-refractivity contribution in [1.29, 1.82) is 0 Å². The lowest BCUT2D eigenvalue weighted by Crippen LogP contribution is -2.39. The van der Waals surface area contributed by atoms with Gasteiger partial charge >= 0.3 is 5.97 Å². The number of carbonyl (C=O) groups excluding carboxylic acids is 1. The van der Waals surface area contributed by atoms with Crippen LogP contribution in [0.4, 0.5) is 0 Å². The molecule has 3 heterocycles. The highest BCUT2D eigenvalue weighted by molar-refractivity contribution is 7.07. The van der Waals surface area contributed by atoms with Crippen LogP contribution in [0, 0.1) is 0 Å². The summed E-state index contributed by atoms with van der Waals surface area (Å²) in [5, 5.41) is 0. The second-order valence-electron chi connectivity index (χ2n) is 7.50. The molecule has 33 heavy (non-hydrogen) atoms. The molecule has 164 valence electrons. The van der Waals surface area contributed by atoms with Crippen molar-refractivity contribution in [3.05, 3.63) is 103 Å². The second-order valence-corrected chi connectivity index (χ2v) is 8.51. The molecule has 4 aromatic rings. The maximum Gasteiger partial charge on any atom is 0.338 e. The largest absolute Gasteiger partial charge is 0.463 e. The third-order valence-corrected chi connectivity index (χ3v) is 6.36.